The van der Waals surface area contributed by atoms with Crippen molar-refractivity contribution in [3.05, 3.63) is 57.2 Å². The number of aromatic amines is 1. The molecule has 1 aromatic carbocycles. The molecule has 0 atom stereocenters. The maximum atomic E-state index is 12.7. The van der Waals surface area contributed by atoms with E-state index in [1.54, 1.807) is 13.1 Å². The van der Waals surface area contributed by atoms with Gasteiger partial charge in [-0.3, -0.25) is 18.9 Å². The van der Waals surface area contributed by atoms with Gasteiger partial charge in [0.15, 0.2) is 11.2 Å². The number of fused-ring (bicyclic) bond motifs is 1. The van der Waals surface area contributed by atoms with Crippen LogP contribution < -0.4 is 21.5 Å². The van der Waals surface area contributed by atoms with E-state index < -0.39 is 11.2 Å². The van der Waals surface area contributed by atoms with Gasteiger partial charge < -0.3 is 10.2 Å². The van der Waals surface area contributed by atoms with Crippen LogP contribution in [0.15, 0.2) is 40.4 Å². The van der Waals surface area contributed by atoms with E-state index in [-0.39, 0.29) is 0 Å². The number of H-pyrrole nitrogens is 1. The quantitative estimate of drug-likeness (QED) is 0.715. The summed E-state index contributed by atoms with van der Waals surface area (Å²) >= 11 is 0. The largest absolute Gasteiger partial charge is 0.339 e. The second-order valence-corrected chi connectivity index (χ2v) is 6.24. The Morgan fingerprint density at radius 3 is 2.65 bits per heavy atom. The Labute approximate surface area is 149 Å². The number of benzene rings is 1. The number of nitrogens with zero attached hydrogens (tertiary/aromatic N) is 4. The highest BCUT2D eigenvalue weighted by Gasteiger charge is 2.24. The van der Waals surface area contributed by atoms with Crippen LogP contribution in [0.5, 0.6) is 0 Å². The Bertz CT molecular complexity index is 1100. The van der Waals surface area contributed by atoms with E-state index in [0.717, 1.165) is 37.4 Å². The van der Waals surface area contributed by atoms with Crippen molar-refractivity contribution in [2.24, 2.45) is 7.05 Å². The number of nitrogens with one attached hydrogen (secondary N) is 2. The van der Waals surface area contributed by atoms with Gasteiger partial charge in [0, 0.05) is 33.2 Å². The third-order valence-electron chi connectivity index (χ3n) is 4.70. The third-order valence-corrected chi connectivity index (χ3v) is 4.70. The van der Waals surface area contributed by atoms with Gasteiger partial charge in [-0.05, 0) is 11.6 Å². The third kappa shape index (κ3) is 2.46. The van der Waals surface area contributed by atoms with Crippen LogP contribution in [0.1, 0.15) is 5.56 Å². The molecule has 1 aliphatic heterocycles. The minimum atomic E-state index is -0.476. The Morgan fingerprint density at radius 1 is 1.19 bits per heavy atom. The van der Waals surface area contributed by atoms with E-state index in [9.17, 15) is 9.59 Å². The summed E-state index contributed by atoms with van der Waals surface area (Å²) < 4.78 is 3.20. The van der Waals surface area contributed by atoms with Crippen molar-refractivity contribution in [2.75, 3.05) is 31.1 Å². The molecule has 8 nitrogen and oxygen atoms in total. The fraction of sp³-hybridized carbons (Fsp3) is 0.278. The molecule has 3 aromatic rings. The number of hydrogen-bond acceptors (Lipinski definition) is 5. The van der Waals surface area contributed by atoms with Crippen molar-refractivity contribution >= 4 is 23.2 Å². The normalized spacial score (nSPS) is 14.7. The lowest BCUT2D eigenvalue weighted by Gasteiger charge is -2.29. The van der Waals surface area contributed by atoms with Gasteiger partial charge in [0.25, 0.3) is 5.56 Å². The van der Waals surface area contributed by atoms with Crippen molar-refractivity contribution in [3.8, 4) is 5.69 Å². The summed E-state index contributed by atoms with van der Waals surface area (Å²) in [5, 5.41) is 3.31. The monoisotopic (exact) mass is 352 g/mol. The predicted octanol–water partition coefficient (Wildman–Crippen LogP) is 0.465. The number of imidazole rings is 1. The highest BCUT2D eigenvalue weighted by Crippen LogP contribution is 2.27. The van der Waals surface area contributed by atoms with E-state index >= 15 is 0 Å². The molecule has 2 N–H and O–H groups in total. The predicted molar refractivity (Wildman–Crippen MR) is 102 cm³/mol. The molecule has 1 saturated heterocycles. The molecule has 1 fully saturated rings. The van der Waals surface area contributed by atoms with Crippen LogP contribution in [-0.4, -0.2) is 45.3 Å². The van der Waals surface area contributed by atoms with Gasteiger partial charge in [-0.15, -0.1) is 0 Å². The van der Waals surface area contributed by atoms with Crippen molar-refractivity contribution in [2.45, 2.75) is 0 Å². The second kappa shape index (κ2) is 6.30. The number of piperazine rings is 1. The van der Waals surface area contributed by atoms with Gasteiger partial charge in [0.1, 0.15) is 0 Å². The summed E-state index contributed by atoms with van der Waals surface area (Å²) in [5.74, 6) is 0.655. The molecule has 134 valence electrons. The molecule has 8 heteroatoms. The van der Waals surface area contributed by atoms with Crippen molar-refractivity contribution in [1.82, 2.24) is 24.4 Å². The van der Waals surface area contributed by atoms with Gasteiger partial charge >= 0.3 is 5.69 Å². The summed E-state index contributed by atoms with van der Waals surface area (Å²) in [4.78, 5) is 33.9. The molecule has 0 spiro atoms. The smallest absolute Gasteiger partial charge is 0.329 e. The van der Waals surface area contributed by atoms with E-state index in [0.29, 0.717) is 17.1 Å². The van der Waals surface area contributed by atoms with E-state index in [2.05, 4.69) is 26.8 Å². The molecule has 4 rings (SSSR count). The van der Waals surface area contributed by atoms with Gasteiger partial charge in [-0.25, -0.2) is 4.79 Å². The van der Waals surface area contributed by atoms with Crippen LogP contribution in [0.2, 0.25) is 0 Å². The molecule has 0 saturated carbocycles. The maximum Gasteiger partial charge on any atom is 0.329 e. The minimum absolute atomic E-state index is 0.356. The molecule has 3 heterocycles. The van der Waals surface area contributed by atoms with Crippen molar-refractivity contribution in [1.29, 1.82) is 0 Å². The number of para-hydroxylation sites is 1. The lowest BCUT2D eigenvalue weighted by Crippen LogP contribution is -2.44. The van der Waals surface area contributed by atoms with Crippen LogP contribution in [0.25, 0.3) is 22.9 Å². The van der Waals surface area contributed by atoms with Gasteiger partial charge in [-0.1, -0.05) is 30.9 Å². The number of hydrogen-bond donors (Lipinski definition) is 2. The first-order chi connectivity index (χ1) is 12.6. The molecule has 0 bridgehead atoms. The zero-order chi connectivity index (χ0) is 18.3. The summed E-state index contributed by atoms with van der Waals surface area (Å²) in [6, 6.07) is 7.69. The minimum Gasteiger partial charge on any atom is -0.339 e. The molecular formula is C18H20N6O2. The zero-order valence-electron chi connectivity index (χ0n) is 14.5. The molecule has 0 unspecified atom stereocenters. The Morgan fingerprint density at radius 2 is 1.92 bits per heavy atom. The van der Waals surface area contributed by atoms with Crippen LogP contribution >= 0.6 is 0 Å². The number of anilines is 1. The second-order valence-electron chi connectivity index (χ2n) is 6.24. The van der Waals surface area contributed by atoms with Gasteiger partial charge in [0.05, 0.1) is 5.69 Å². The van der Waals surface area contributed by atoms with Crippen LogP contribution in [0.4, 0.5) is 5.95 Å². The fourth-order valence-corrected chi connectivity index (χ4v) is 3.34. The summed E-state index contributed by atoms with van der Waals surface area (Å²) in [6.07, 6.45) is 1.75. The highest BCUT2D eigenvalue weighted by molar-refractivity contribution is 5.79. The van der Waals surface area contributed by atoms with E-state index in [1.807, 2.05) is 28.8 Å². The van der Waals surface area contributed by atoms with Crippen molar-refractivity contribution in [3.63, 3.8) is 0 Å². The van der Waals surface area contributed by atoms with Crippen LogP contribution in [0, 0.1) is 0 Å². The average molecular weight is 352 g/mol. The first-order valence-electron chi connectivity index (χ1n) is 8.51. The Kier molecular flexibility index (Phi) is 3.96. The van der Waals surface area contributed by atoms with Gasteiger partial charge in [-0.2, -0.15) is 4.98 Å². The van der Waals surface area contributed by atoms with Crippen LogP contribution in [-0.2, 0) is 7.05 Å². The van der Waals surface area contributed by atoms with E-state index in [1.165, 1.54) is 4.57 Å². The fourth-order valence-electron chi connectivity index (χ4n) is 3.34. The lowest BCUT2D eigenvalue weighted by atomic mass is 10.1. The Hall–Kier alpha value is -3.13. The number of rotatable bonds is 3. The van der Waals surface area contributed by atoms with Gasteiger partial charge in [0.2, 0.25) is 5.95 Å². The summed E-state index contributed by atoms with van der Waals surface area (Å²) in [5.41, 5.74) is 1.49. The maximum absolute atomic E-state index is 12.7. The standard InChI is InChI=1S/C18H20N6O2/c1-3-12-6-4-5-7-13(12)24-14-15(22(2)18(26)21-16(14)25)20-17(24)23-10-8-19-9-11-23/h3-7,19H,1,8-11H2,2H3,(H,21,25,26). The average Bonchev–Trinajstić information content (AvgIpc) is 3.08. The topological polar surface area (TPSA) is 88.0 Å². The summed E-state index contributed by atoms with van der Waals surface area (Å²) in [6.45, 7) is 7.09. The molecule has 0 amide bonds. The number of aryl methyl sites for hydroxylation is 1. The summed E-state index contributed by atoms with van der Waals surface area (Å²) in [7, 11) is 1.61. The molecule has 2 aromatic heterocycles. The molecule has 0 radical (unpaired) electrons. The van der Waals surface area contributed by atoms with E-state index in [4.69, 9.17) is 0 Å². The highest BCUT2D eigenvalue weighted by atomic mass is 16.2. The number of aromatic nitrogens is 4. The lowest BCUT2D eigenvalue weighted by molar-refractivity contribution is 0.578. The molecular weight excluding hydrogens is 332 g/mol. The Balaban J connectivity index is 2.11. The first-order valence-corrected chi connectivity index (χ1v) is 8.51. The SMILES string of the molecule is C=Cc1ccccc1-n1c(N2CCNCC2)nc2c1c(=O)[nH]c(=O)n2C. The van der Waals surface area contributed by atoms with Crippen LogP contribution in [0.3, 0.4) is 0 Å². The molecule has 0 aliphatic carbocycles. The zero-order valence-corrected chi connectivity index (χ0v) is 14.5. The first kappa shape index (κ1) is 16.3. The molecule has 1 aliphatic rings. The van der Waals surface area contributed by atoms with Crippen molar-refractivity contribution < 1.29 is 0 Å². The molecule has 26 heavy (non-hydrogen) atoms.